The van der Waals surface area contributed by atoms with Gasteiger partial charge in [0, 0.05) is 42.7 Å². The van der Waals surface area contributed by atoms with Gasteiger partial charge in [0.25, 0.3) is 5.91 Å². The van der Waals surface area contributed by atoms with E-state index in [1.54, 1.807) is 0 Å². The summed E-state index contributed by atoms with van der Waals surface area (Å²) in [6, 6.07) is 3.63. The molecule has 31 heavy (non-hydrogen) atoms. The van der Waals surface area contributed by atoms with Gasteiger partial charge in [0.05, 0.1) is 6.61 Å². The van der Waals surface area contributed by atoms with Crippen LogP contribution in [-0.2, 0) is 20.9 Å². The van der Waals surface area contributed by atoms with Crippen molar-refractivity contribution >= 4 is 11.8 Å². The van der Waals surface area contributed by atoms with Gasteiger partial charge in [-0.15, -0.1) is 0 Å². The van der Waals surface area contributed by atoms with E-state index in [1.807, 2.05) is 4.90 Å². The Balaban J connectivity index is 1.21. The molecule has 1 aromatic carbocycles. The molecule has 0 aromatic heterocycles. The van der Waals surface area contributed by atoms with Crippen molar-refractivity contribution < 1.29 is 23.1 Å². The van der Waals surface area contributed by atoms with E-state index >= 15 is 0 Å². The van der Waals surface area contributed by atoms with Crippen LogP contribution in [0.15, 0.2) is 18.2 Å². The maximum atomic E-state index is 14.0. The van der Waals surface area contributed by atoms with Crippen molar-refractivity contribution in [3.05, 3.63) is 35.4 Å². The van der Waals surface area contributed by atoms with Crippen LogP contribution in [0.25, 0.3) is 0 Å². The summed E-state index contributed by atoms with van der Waals surface area (Å²) in [6.07, 6.45) is 3.88. The summed E-state index contributed by atoms with van der Waals surface area (Å²) in [4.78, 5) is 27.1. The molecule has 1 heterocycles. The number of rotatable bonds is 5. The molecule has 4 aliphatic carbocycles. The predicted octanol–water partition coefficient (Wildman–Crippen LogP) is 1.96. The van der Waals surface area contributed by atoms with Crippen LogP contribution in [0.3, 0.4) is 0 Å². The predicted molar refractivity (Wildman–Crippen MR) is 108 cm³/mol. The highest BCUT2D eigenvalue weighted by molar-refractivity contribution is 5.83. The number of hydrogen-bond donors (Lipinski definition) is 2. The quantitative estimate of drug-likeness (QED) is 0.744. The molecule has 168 valence electrons. The molecule has 0 radical (unpaired) electrons. The third-order valence-electron chi connectivity index (χ3n) is 7.96. The average Bonchev–Trinajstić information content (AvgIpc) is 2.72. The van der Waals surface area contributed by atoms with Crippen molar-refractivity contribution in [2.75, 3.05) is 19.7 Å². The molecule has 1 saturated heterocycles. The number of carbonyl (C=O) groups excluding carboxylic acids is 2. The first-order valence-electron chi connectivity index (χ1n) is 11.2. The molecular formula is C23H29F2N3O3. The summed E-state index contributed by atoms with van der Waals surface area (Å²) in [5, 5.41) is 3.22. The van der Waals surface area contributed by atoms with Crippen LogP contribution in [0.5, 0.6) is 0 Å². The third-order valence-corrected chi connectivity index (χ3v) is 7.96. The number of nitrogens with two attached hydrogens (primary N) is 1. The van der Waals surface area contributed by atoms with Crippen molar-refractivity contribution in [1.82, 2.24) is 10.2 Å². The number of amides is 2. The Kier molecular flexibility index (Phi) is 5.25. The molecule has 5 fully saturated rings. The van der Waals surface area contributed by atoms with Gasteiger partial charge in [0.2, 0.25) is 5.91 Å². The van der Waals surface area contributed by atoms with E-state index in [-0.39, 0.29) is 35.1 Å². The van der Waals surface area contributed by atoms with Gasteiger partial charge >= 0.3 is 0 Å². The number of benzene rings is 1. The van der Waals surface area contributed by atoms with Crippen LogP contribution in [0, 0.1) is 34.8 Å². The smallest absolute Gasteiger partial charge is 0.250 e. The molecule has 6 rings (SSSR count). The number of nitrogens with zero attached hydrogens (tertiary/aromatic N) is 1. The van der Waals surface area contributed by atoms with Crippen LogP contribution in [-0.4, -0.2) is 48.6 Å². The second-order valence-corrected chi connectivity index (χ2v) is 9.98. The molecule has 2 amide bonds. The summed E-state index contributed by atoms with van der Waals surface area (Å²) in [5.74, 6) is -0.402. The van der Waals surface area contributed by atoms with Gasteiger partial charge in [0.1, 0.15) is 17.7 Å². The number of ether oxygens (including phenoxy) is 1. The van der Waals surface area contributed by atoms with Crippen LogP contribution < -0.4 is 11.1 Å². The van der Waals surface area contributed by atoms with Crippen LogP contribution in [0.1, 0.15) is 37.7 Å². The largest absolute Gasteiger partial charge is 0.369 e. The van der Waals surface area contributed by atoms with Crippen molar-refractivity contribution in [2.45, 2.75) is 50.8 Å². The summed E-state index contributed by atoms with van der Waals surface area (Å²) in [7, 11) is 0. The molecule has 3 atom stereocenters. The highest BCUT2D eigenvalue weighted by atomic mass is 19.1. The topological polar surface area (TPSA) is 84.7 Å². The Morgan fingerprint density at radius 1 is 1.19 bits per heavy atom. The average molecular weight is 433 g/mol. The van der Waals surface area contributed by atoms with Crippen LogP contribution in [0.2, 0.25) is 0 Å². The van der Waals surface area contributed by atoms with E-state index in [0.717, 1.165) is 38.2 Å². The zero-order chi connectivity index (χ0) is 21.8. The van der Waals surface area contributed by atoms with Gasteiger partial charge in [-0.25, -0.2) is 8.78 Å². The van der Waals surface area contributed by atoms with Gasteiger partial charge in [-0.05, 0) is 55.9 Å². The normalized spacial score (nSPS) is 37.0. The molecule has 2 unspecified atom stereocenters. The number of morpholine rings is 1. The maximum Gasteiger partial charge on any atom is 0.250 e. The zero-order valence-electron chi connectivity index (χ0n) is 17.5. The van der Waals surface area contributed by atoms with Crippen molar-refractivity contribution in [3.63, 3.8) is 0 Å². The van der Waals surface area contributed by atoms with Crippen molar-refractivity contribution in [3.8, 4) is 0 Å². The second-order valence-electron chi connectivity index (χ2n) is 9.98. The molecule has 3 N–H and O–H groups in total. The van der Waals surface area contributed by atoms with Gasteiger partial charge in [-0.1, -0.05) is 6.07 Å². The molecule has 0 spiro atoms. The minimum absolute atomic E-state index is 0.0602. The number of halogens is 2. The molecule has 4 saturated carbocycles. The first-order chi connectivity index (χ1) is 14.8. The van der Waals surface area contributed by atoms with Gasteiger partial charge in [-0.2, -0.15) is 0 Å². The molecule has 1 aromatic rings. The highest BCUT2D eigenvalue weighted by Gasteiger charge is 2.58. The minimum atomic E-state index is -0.625. The molecule has 5 aliphatic rings. The monoisotopic (exact) mass is 433 g/mol. The van der Waals surface area contributed by atoms with E-state index in [4.69, 9.17) is 10.5 Å². The zero-order valence-corrected chi connectivity index (χ0v) is 17.5. The third kappa shape index (κ3) is 3.84. The van der Waals surface area contributed by atoms with Crippen molar-refractivity contribution in [1.29, 1.82) is 0 Å². The summed E-state index contributed by atoms with van der Waals surface area (Å²) < 4.78 is 32.9. The number of nitrogens with one attached hydrogen (secondary N) is 1. The van der Waals surface area contributed by atoms with E-state index < -0.39 is 17.7 Å². The highest BCUT2D eigenvalue weighted by Crippen LogP contribution is 2.59. The van der Waals surface area contributed by atoms with E-state index in [1.165, 1.54) is 12.1 Å². The lowest BCUT2D eigenvalue weighted by atomic mass is 9.47. The molecule has 4 bridgehead atoms. The fourth-order valence-corrected chi connectivity index (χ4v) is 6.71. The summed E-state index contributed by atoms with van der Waals surface area (Å²) in [6.45, 7) is 1.62. The first-order valence-corrected chi connectivity index (χ1v) is 11.2. The Morgan fingerprint density at radius 2 is 1.94 bits per heavy atom. The lowest BCUT2D eigenvalue weighted by Gasteiger charge is -2.59. The standard InChI is InChI=1S/C23H29F2N3O3/c24-17-2-1-14(18(25)7-17)11-28-3-4-31-19(12-28)21(29)27-20-15-5-13-6-16(20)10-23(8-13,9-15)22(26)30/h1-2,7,13,15-16,19-20H,3-6,8-12H2,(H2,26,30)(H,27,29)/t13?,15?,16?,19-,20?,23?/m1/s1. The van der Waals surface area contributed by atoms with E-state index in [9.17, 15) is 18.4 Å². The second kappa shape index (κ2) is 7.81. The minimum Gasteiger partial charge on any atom is -0.369 e. The summed E-state index contributed by atoms with van der Waals surface area (Å²) in [5.41, 5.74) is 5.78. The number of hydrogen-bond acceptors (Lipinski definition) is 4. The Morgan fingerprint density at radius 3 is 2.61 bits per heavy atom. The Bertz CT molecular complexity index is 879. The lowest BCUT2D eigenvalue weighted by molar-refractivity contribution is -0.151. The Labute approximate surface area is 180 Å². The molecule has 1 aliphatic heterocycles. The van der Waals surface area contributed by atoms with E-state index in [2.05, 4.69) is 5.32 Å². The molecule has 6 nitrogen and oxygen atoms in total. The SMILES string of the molecule is NC(=O)C12CC3CC(C1)C(NC(=O)[C@H]1CN(Cc4ccc(F)cc4F)CCO1)C(C3)C2. The molecular weight excluding hydrogens is 404 g/mol. The maximum absolute atomic E-state index is 14.0. The molecule has 8 heteroatoms. The first kappa shape index (κ1) is 20.8. The van der Waals surface area contributed by atoms with Crippen LogP contribution >= 0.6 is 0 Å². The number of primary amides is 1. The Hall–Kier alpha value is -2.06. The van der Waals surface area contributed by atoms with Crippen LogP contribution in [0.4, 0.5) is 8.78 Å². The lowest BCUT2D eigenvalue weighted by Crippen LogP contribution is -2.63. The van der Waals surface area contributed by atoms with Crippen molar-refractivity contribution in [2.24, 2.45) is 28.9 Å². The summed E-state index contributed by atoms with van der Waals surface area (Å²) >= 11 is 0. The van der Waals surface area contributed by atoms with Gasteiger partial charge < -0.3 is 15.8 Å². The number of carbonyl (C=O) groups is 2. The fraction of sp³-hybridized carbons (Fsp3) is 0.652. The van der Waals surface area contributed by atoms with Gasteiger partial charge in [-0.3, -0.25) is 14.5 Å². The van der Waals surface area contributed by atoms with Gasteiger partial charge in [0.15, 0.2) is 0 Å². The van der Waals surface area contributed by atoms with E-state index in [0.29, 0.717) is 37.7 Å². The fourth-order valence-electron chi connectivity index (χ4n) is 6.71.